The lowest BCUT2D eigenvalue weighted by molar-refractivity contribution is -0.136. The molecule has 0 saturated heterocycles. The molecule has 130 valence electrons. The Kier molecular flexibility index (Phi) is 5.23. The van der Waals surface area contributed by atoms with Crippen LogP contribution >= 0.6 is 11.8 Å². The fraction of sp³-hybridized carbons (Fsp3) is 0.278. The van der Waals surface area contributed by atoms with Crippen molar-refractivity contribution in [1.29, 1.82) is 0 Å². The SMILES string of the molecule is CCn1c(COc2cccc3ccccc23)nnc1S[C@@H](C)C(=O)O. The molecule has 0 aliphatic carbocycles. The van der Waals surface area contributed by atoms with Gasteiger partial charge in [0.1, 0.15) is 17.6 Å². The molecule has 25 heavy (non-hydrogen) atoms. The molecule has 0 unspecified atom stereocenters. The number of rotatable bonds is 7. The van der Waals surface area contributed by atoms with Gasteiger partial charge in [0.25, 0.3) is 0 Å². The number of carboxylic acid groups (broad SMARTS) is 1. The average molecular weight is 357 g/mol. The number of hydrogen-bond acceptors (Lipinski definition) is 5. The van der Waals surface area contributed by atoms with Crippen LogP contribution in [0.1, 0.15) is 19.7 Å². The predicted molar refractivity (Wildman–Crippen MR) is 96.9 cm³/mol. The standard InChI is InChI=1S/C18H19N3O3S/c1-3-21-16(19-20-18(21)25-12(2)17(22)23)11-24-15-10-6-8-13-7-4-5-9-14(13)15/h4-10,12H,3,11H2,1-2H3,(H,22,23)/t12-/m0/s1. The van der Waals surface area contributed by atoms with Gasteiger partial charge >= 0.3 is 5.97 Å². The summed E-state index contributed by atoms with van der Waals surface area (Å²) in [4.78, 5) is 11.0. The second-order valence-corrected chi connectivity index (χ2v) is 6.82. The van der Waals surface area contributed by atoms with E-state index in [1.54, 1.807) is 6.92 Å². The van der Waals surface area contributed by atoms with Gasteiger partial charge in [0.05, 0.1) is 0 Å². The Hall–Kier alpha value is -2.54. The molecule has 0 spiro atoms. The monoisotopic (exact) mass is 357 g/mol. The summed E-state index contributed by atoms with van der Waals surface area (Å²) in [6.45, 7) is 4.53. The highest BCUT2D eigenvalue weighted by Crippen LogP contribution is 2.27. The minimum absolute atomic E-state index is 0.275. The van der Waals surface area contributed by atoms with Crippen LogP contribution in [-0.4, -0.2) is 31.1 Å². The number of carbonyl (C=O) groups is 1. The van der Waals surface area contributed by atoms with Gasteiger partial charge in [-0.25, -0.2) is 0 Å². The van der Waals surface area contributed by atoms with E-state index < -0.39 is 11.2 Å². The molecule has 3 rings (SSSR count). The molecule has 0 radical (unpaired) electrons. The van der Waals surface area contributed by atoms with Gasteiger partial charge in [-0.1, -0.05) is 48.2 Å². The van der Waals surface area contributed by atoms with E-state index in [2.05, 4.69) is 10.2 Å². The van der Waals surface area contributed by atoms with Crippen LogP contribution in [0.2, 0.25) is 0 Å². The number of nitrogens with zero attached hydrogens (tertiary/aromatic N) is 3. The molecule has 1 N–H and O–H groups in total. The second kappa shape index (κ2) is 7.57. The summed E-state index contributed by atoms with van der Waals surface area (Å²) in [6, 6.07) is 14.0. The first-order chi connectivity index (χ1) is 12.1. The van der Waals surface area contributed by atoms with E-state index in [9.17, 15) is 4.79 Å². The van der Waals surface area contributed by atoms with Crippen molar-refractivity contribution in [2.45, 2.75) is 37.4 Å². The normalized spacial score (nSPS) is 12.2. The van der Waals surface area contributed by atoms with Gasteiger partial charge in [-0.05, 0) is 25.3 Å². The van der Waals surface area contributed by atoms with E-state index in [0.29, 0.717) is 17.5 Å². The topological polar surface area (TPSA) is 77.2 Å². The highest BCUT2D eigenvalue weighted by atomic mass is 32.2. The average Bonchev–Trinajstić information content (AvgIpc) is 3.01. The Balaban J connectivity index is 1.79. The maximum Gasteiger partial charge on any atom is 0.316 e. The third-order valence-corrected chi connectivity index (χ3v) is 4.91. The summed E-state index contributed by atoms with van der Waals surface area (Å²) in [7, 11) is 0. The van der Waals surface area contributed by atoms with Crippen LogP contribution in [0.4, 0.5) is 0 Å². The molecule has 0 saturated carbocycles. The fourth-order valence-corrected chi connectivity index (χ4v) is 3.37. The molecule has 1 heterocycles. The molecule has 0 aliphatic rings. The number of benzene rings is 2. The van der Waals surface area contributed by atoms with Crippen LogP contribution in [0, 0.1) is 0 Å². The summed E-state index contributed by atoms with van der Waals surface area (Å²) in [6.07, 6.45) is 0. The van der Waals surface area contributed by atoms with Crippen molar-refractivity contribution in [3.8, 4) is 5.75 Å². The van der Waals surface area contributed by atoms with Crippen molar-refractivity contribution in [1.82, 2.24) is 14.8 Å². The molecule has 0 aliphatic heterocycles. The number of fused-ring (bicyclic) bond motifs is 1. The van der Waals surface area contributed by atoms with Crippen LogP contribution in [0.5, 0.6) is 5.75 Å². The third-order valence-electron chi connectivity index (χ3n) is 3.85. The molecule has 0 fully saturated rings. The molecule has 6 nitrogen and oxygen atoms in total. The van der Waals surface area contributed by atoms with Gasteiger partial charge in [-0.15, -0.1) is 10.2 Å². The lowest BCUT2D eigenvalue weighted by atomic mass is 10.1. The number of aliphatic carboxylic acids is 1. The van der Waals surface area contributed by atoms with Gasteiger partial charge in [0, 0.05) is 11.9 Å². The maximum atomic E-state index is 11.0. The summed E-state index contributed by atoms with van der Waals surface area (Å²) >= 11 is 1.18. The Labute approximate surface area is 149 Å². The van der Waals surface area contributed by atoms with Crippen molar-refractivity contribution >= 4 is 28.5 Å². The minimum atomic E-state index is -0.871. The van der Waals surface area contributed by atoms with Crippen LogP contribution < -0.4 is 4.74 Å². The predicted octanol–water partition coefficient (Wildman–Crippen LogP) is 3.60. The van der Waals surface area contributed by atoms with E-state index in [4.69, 9.17) is 9.84 Å². The summed E-state index contributed by atoms with van der Waals surface area (Å²) in [5.41, 5.74) is 0. The minimum Gasteiger partial charge on any atom is -0.485 e. The largest absolute Gasteiger partial charge is 0.485 e. The van der Waals surface area contributed by atoms with Gasteiger partial charge in [-0.3, -0.25) is 4.79 Å². The lowest BCUT2D eigenvalue weighted by Gasteiger charge is -2.11. The van der Waals surface area contributed by atoms with Crippen molar-refractivity contribution < 1.29 is 14.6 Å². The number of ether oxygens (including phenoxy) is 1. The first-order valence-corrected chi connectivity index (χ1v) is 8.90. The first-order valence-electron chi connectivity index (χ1n) is 8.02. The van der Waals surface area contributed by atoms with Crippen molar-refractivity contribution in [3.63, 3.8) is 0 Å². The molecule has 7 heteroatoms. The van der Waals surface area contributed by atoms with E-state index in [-0.39, 0.29) is 6.61 Å². The number of thioether (sulfide) groups is 1. The summed E-state index contributed by atoms with van der Waals surface area (Å²) in [5.74, 6) is 0.594. The Morgan fingerprint density at radius 2 is 2.00 bits per heavy atom. The fourth-order valence-electron chi connectivity index (χ4n) is 2.50. The summed E-state index contributed by atoms with van der Waals surface area (Å²) in [5, 5.41) is 19.5. The molecule has 0 amide bonds. The third kappa shape index (κ3) is 3.76. The number of carboxylic acids is 1. The van der Waals surface area contributed by atoms with Crippen molar-refractivity contribution in [3.05, 3.63) is 48.3 Å². The zero-order valence-electron chi connectivity index (χ0n) is 14.0. The molecule has 0 bridgehead atoms. The molecule has 3 aromatic rings. The Bertz CT molecular complexity index is 889. The zero-order chi connectivity index (χ0) is 17.8. The van der Waals surface area contributed by atoms with Gasteiger partial charge < -0.3 is 14.4 Å². The van der Waals surface area contributed by atoms with Crippen LogP contribution in [0.15, 0.2) is 47.6 Å². The Morgan fingerprint density at radius 3 is 2.76 bits per heavy atom. The van der Waals surface area contributed by atoms with Gasteiger partial charge in [0.15, 0.2) is 11.0 Å². The van der Waals surface area contributed by atoms with Gasteiger partial charge in [-0.2, -0.15) is 0 Å². The number of aromatic nitrogens is 3. The van der Waals surface area contributed by atoms with E-state index >= 15 is 0 Å². The smallest absolute Gasteiger partial charge is 0.316 e. The van der Waals surface area contributed by atoms with Crippen LogP contribution in [-0.2, 0) is 17.9 Å². The highest BCUT2D eigenvalue weighted by molar-refractivity contribution is 8.00. The second-order valence-electron chi connectivity index (χ2n) is 5.51. The lowest BCUT2D eigenvalue weighted by Crippen LogP contribution is -2.13. The van der Waals surface area contributed by atoms with E-state index in [1.165, 1.54) is 11.8 Å². The van der Waals surface area contributed by atoms with Crippen molar-refractivity contribution in [2.75, 3.05) is 0 Å². The number of hydrogen-bond donors (Lipinski definition) is 1. The Morgan fingerprint density at radius 1 is 1.24 bits per heavy atom. The van der Waals surface area contributed by atoms with E-state index in [0.717, 1.165) is 16.5 Å². The van der Waals surface area contributed by atoms with Crippen molar-refractivity contribution in [2.24, 2.45) is 0 Å². The molecule has 1 atom stereocenters. The zero-order valence-corrected chi connectivity index (χ0v) is 14.9. The first kappa shape index (κ1) is 17.3. The molecular weight excluding hydrogens is 338 g/mol. The highest BCUT2D eigenvalue weighted by Gasteiger charge is 2.19. The maximum absolute atomic E-state index is 11.0. The molecular formula is C18H19N3O3S. The van der Waals surface area contributed by atoms with E-state index in [1.807, 2.05) is 54.0 Å². The molecule has 2 aromatic carbocycles. The summed E-state index contributed by atoms with van der Waals surface area (Å²) < 4.78 is 7.85. The van der Waals surface area contributed by atoms with Crippen LogP contribution in [0.3, 0.4) is 0 Å². The van der Waals surface area contributed by atoms with Crippen LogP contribution in [0.25, 0.3) is 10.8 Å². The molecule has 1 aromatic heterocycles. The van der Waals surface area contributed by atoms with Gasteiger partial charge in [0.2, 0.25) is 0 Å². The quantitative estimate of drug-likeness (QED) is 0.651.